The summed E-state index contributed by atoms with van der Waals surface area (Å²) >= 11 is 0. The van der Waals surface area contributed by atoms with Crippen molar-refractivity contribution in [3.8, 4) is 0 Å². The Balaban J connectivity index is 3.93. The Morgan fingerprint density at radius 1 is 0.880 bits per heavy atom. The first-order valence-corrected chi connectivity index (χ1v) is 17.1. The smallest absolute Gasteiger partial charge is 0.126 e. The molecule has 0 heterocycles. The molecule has 25 heavy (non-hydrogen) atoms. The highest BCUT2D eigenvalue weighted by atomic mass is 28.3. The Morgan fingerprint density at radius 3 is 1.96 bits per heavy atom. The van der Waals surface area contributed by atoms with Crippen molar-refractivity contribution in [3.63, 3.8) is 0 Å². The van der Waals surface area contributed by atoms with E-state index in [-0.39, 0.29) is 6.10 Å². The predicted octanol–water partition coefficient (Wildman–Crippen LogP) is 3.65. The molecule has 0 aromatic rings. The molecule has 0 aliphatic rings. The Kier molecular flexibility index (Phi) is 11.3. The number of quaternary nitrogens is 1. The molecule has 0 aliphatic carbocycles. The fraction of sp³-hybridized carbons (Fsp3) is 1.00. The lowest BCUT2D eigenvalue weighted by Crippen LogP contribution is -2.50. The second kappa shape index (κ2) is 11.2. The van der Waals surface area contributed by atoms with Crippen molar-refractivity contribution in [2.75, 3.05) is 40.4 Å². The first-order valence-electron chi connectivity index (χ1n) is 10.0. The third-order valence-corrected chi connectivity index (χ3v) is 10.4. The Labute approximate surface area is 159 Å². The van der Waals surface area contributed by atoms with Gasteiger partial charge in [0.2, 0.25) is 0 Å². The molecule has 0 radical (unpaired) electrons. The van der Waals surface area contributed by atoms with Gasteiger partial charge in [-0.3, -0.25) is 0 Å². The van der Waals surface area contributed by atoms with Gasteiger partial charge in [0.25, 0.3) is 0 Å². The zero-order valence-corrected chi connectivity index (χ0v) is 20.3. The standard InChI is InChI=1S/C19H46NO3Si2/c1-9-18(21)15-20(2,3)16-19(22)17-23-11-10-12-25(7,8)14-13-24(4,5)6/h18-19,21-22H,9-17H2,1-8H3/q+1. The highest BCUT2D eigenvalue weighted by molar-refractivity contribution is 6.82. The van der Waals surface area contributed by atoms with Crippen molar-refractivity contribution in [3.05, 3.63) is 0 Å². The van der Waals surface area contributed by atoms with Crippen molar-refractivity contribution in [1.29, 1.82) is 0 Å². The molecule has 0 fully saturated rings. The number of ether oxygens (including phenoxy) is 1. The lowest BCUT2D eigenvalue weighted by molar-refractivity contribution is -0.896. The zero-order valence-electron chi connectivity index (χ0n) is 18.3. The highest BCUT2D eigenvalue weighted by Crippen LogP contribution is 2.24. The summed E-state index contributed by atoms with van der Waals surface area (Å²) in [4.78, 5) is 0. The van der Waals surface area contributed by atoms with E-state index in [2.05, 4.69) is 46.8 Å². The van der Waals surface area contributed by atoms with Gasteiger partial charge in [0, 0.05) is 22.8 Å². The fourth-order valence-electron chi connectivity index (χ4n) is 3.11. The molecule has 0 aliphatic heterocycles. The van der Waals surface area contributed by atoms with Crippen molar-refractivity contribution in [2.24, 2.45) is 0 Å². The molecular formula is C19H46NO3Si2+. The van der Waals surface area contributed by atoms with Gasteiger partial charge in [-0.05, 0) is 12.8 Å². The monoisotopic (exact) mass is 392 g/mol. The van der Waals surface area contributed by atoms with Crippen LogP contribution >= 0.6 is 0 Å². The summed E-state index contributed by atoms with van der Waals surface area (Å²) in [7, 11) is 2.09. The molecule has 152 valence electrons. The summed E-state index contributed by atoms with van der Waals surface area (Å²) in [6.45, 7) is 16.8. The summed E-state index contributed by atoms with van der Waals surface area (Å²) in [6.07, 6.45) is 1.11. The van der Waals surface area contributed by atoms with Crippen molar-refractivity contribution < 1.29 is 19.4 Å². The Bertz CT molecular complexity index is 357. The molecule has 2 unspecified atom stereocenters. The summed E-state index contributed by atoms with van der Waals surface area (Å²) in [6, 6.07) is 4.21. The molecule has 0 rings (SSSR count). The topological polar surface area (TPSA) is 49.7 Å². The van der Waals surface area contributed by atoms with E-state index >= 15 is 0 Å². The van der Waals surface area contributed by atoms with Crippen LogP contribution in [0.2, 0.25) is 50.9 Å². The van der Waals surface area contributed by atoms with Crippen LogP contribution in [0.1, 0.15) is 19.8 Å². The number of hydrogen-bond acceptors (Lipinski definition) is 3. The number of hydrogen-bond donors (Lipinski definition) is 2. The van der Waals surface area contributed by atoms with Crippen LogP contribution in [0, 0.1) is 0 Å². The van der Waals surface area contributed by atoms with Gasteiger partial charge >= 0.3 is 0 Å². The van der Waals surface area contributed by atoms with E-state index in [1.54, 1.807) is 0 Å². The average Bonchev–Trinajstić information content (AvgIpc) is 2.43. The van der Waals surface area contributed by atoms with Gasteiger partial charge in [0.1, 0.15) is 25.3 Å². The molecule has 0 saturated heterocycles. The molecule has 6 heteroatoms. The third-order valence-electron chi connectivity index (χ3n) is 4.89. The summed E-state index contributed by atoms with van der Waals surface area (Å²) in [5.41, 5.74) is 0. The van der Waals surface area contributed by atoms with Crippen LogP contribution in [-0.4, -0.2) is 83.5 Å². The van der Waals surface area contributed by atoms with E-state index in [0.29, 0.717) is 24.2 Å². The van der Waals surface area contributed by atoms with Crippen LogP contribution in [0.4, 0.5) is 0 Å². The van der Waals surface area contributed by atoms with Crippen LogP contribution in [0.3, 0.4) is 0 Å². The minimum absolute atomic E-state index is 0.300. The Morgan fingerprint density at radius 2 is 1.44 bits per heavy atom. The van der Waals surface area contributed by atoms with Gasteiger partial charge in [0.05, 0.1) is 20.7 Å². The van der Waals surface area contributed by atoms with Crippen molar-refractivity contribution in [1.82, 2.24) is 0 Å². The molecular weight excluding hydrogens is 346 g/mol. The van der Waals surface area contributed by atoms with Crippen molar-refractivity contribution in [2.45, 2.75) is 82.8 Å². The zero-order chi connectivity index (χ0) is 19.7. The van der Waals surface area contributed by atoms with E-state index in [1.165, 1.54) is 18.1 Å². The molecule has 0 bridgehead atoms. The summed E-state index contributed by atoms with van der Waals surface area (Å²) in [5.74, 6) is 0. The maximum absolute atomic E-state index is 10.2. The van der Waals surface area contributed by atoms with Crippen LogP contribution < -0.4 is 0 Å². The normalized spacial score (nSPS) is 16.1. The van der Waals surface area contributed by atoms with E-state index in [9.17, 15) is 10.2 Å². The van der Waals surface area contributed by atoms with E-state index in [4.69, 9.17) is 4.74 Å². The molecule has 0 spiro atoms. The first-order chi connectivity index (χ1) is 11.3. The number of nitrogens with zero attached hydrogens (tertiary/aromatic N) is 1. The molecule has 0 amide bonds. The van der Waals surface area contributed by atoms with Gasteiger partial charge < -0.3 is 19.4 Å². The lowest BCUT2D eigenvalue weighted by Gasteiger charge is -2.33. The van der Waals surface area contributed by atoms with Gasteiger partial charge in [0.15, 0.2) is 0 Å². The average molecular weight is 393 g/mol. The van der Waals surface area contributed by atoms with Crippen molar-refractivity contribution >= 4 is 16.1 Å². The van der Waals surface area contributed by atoms with Crippen LogP contribution in [0.5, 0.6) is 0 Å². The predicted molar refractivity (Wildman–Crippen MR) is 115 cm³/mol. The molecule has 0 saturated carbocycles. The maximum Gasteiger partial charge on any atom is 0.126 e. The number of aliphatic hydroxyl groups excluding tert-OH is 2. The van der Waals surface area contributed by atoms with Crippen LogP contribution in [-0.2, 0) is 4.74 Å². The maximum atomic E-state index is 10.2. The van der Waals surface area contributed by atoms with E-state index in [0.717, 1.165) is 19.4 Å². The number of aliphatic hydroxyl groups is 2. The fourth-order valence-corrected chi connectivity index (χ4v) is 10.2. The van der Waals surface area contributed by atoms with Crippen LogP contribution in [0.15, 0.2) is 0 Å². The molecule has 2 N–H and O–H groups in total. The summed E-state index contributed by atoms with van der Waals surface area (Å²) in [5, 5.41) is 20.0. The highest BCUT2D eigenvalue weighted by Gasteiger charge is 2.25. The Hall–Kier alpha value is 0.274. The second-order valence-corrected chi connectivity index (χ2v) is 21.4. The van der Waals surface area contributed by atoms with E-state index in [1.807, 2.05) is 6.92 Å². The quantitative estimate of drug-likeness (QED) is 0.269. The van der Waals surface area contributed by atoms with Gasteiger partial charge in [-0.1, -0.05) is 57.8 Å². The minimum Gasteiger partial charge on any atom is -0.387 e. The number of likely N-dealkylation sites (N-methyl/N-ethyl adjacent to an activating group) is 1. The molecule has 0 aromatic carbocycles. The number of rotatable bonds is 14. The van der Waals surface area contributed by atoms with E-state index < -0.39 is 22.3 Å². The van der Waals surface area contributed by atoms with Crippen LogP contribution in [0.25, 0.3) is 0 Å². The van der Waals surface area contributed by atoms with Gasteiger partial charge in [-0.25, -0.2) is 0 Å². The first kappa shape index (κ1) is 25.3. The lowest BCUT2D eigenvalue weighted by atomic mass is 10.2. The largest absolute Gasteiger partial charge is 0.387 e. The van der Waals surface area contributed by atoms with Gasteiger partial charge in [-0.2, -0.15) is 0 Å². The van der Waals surface area contributed by atoms with Gasteiger partial charge in [-0.15, -0.1) is 0 Å². The molecule has 4 nitrogen and oxygen atoms in total. The third kappa shape index (κ3) is 15.1. The second-order valence-electron chi connectivity index (χ2n) is 10.4. The SMILES string of the molecule is CCC(O)C[N+](C)(C)CC(O)COCCC[Si](C)(C)CC[Si](C)(C)C. The molecule has 2 atom stereocenters. The molecule has 0 aromatic heterocycles. The summed E-state index contributed by atoms with van der Waals surface area (Å²) < 4.78 is 6.34. The minimum atomic E-state index is -1.09.